The number of anilines is 2. The summed E-state index contributed by atoms with van der Waals surface area (Å²) in [5, 5.41) is 9.99. The highest BCUT2D eigenvalue weighted by Gasteiger charge is 2.20. The largest absolute Gasteiger partial charge is 0.323 e. The lowest BCUT2D eigenvalue weighted by atomic mass is 10.3. The Morgan fingerprint density at radius 2 is 2.00 bits per heavy atom. The van der Waals surface area contributed by atoms with Crippen molar-refractivity contribution < 1.29 is 8.42 Å². The molecule has 1 aliphatic rings. The van der Waals surface area contributed by atoms with Crippen molar-refractivity contribution in [1.29, 1.82) is 0 Å². The fourth-order valence-corrected chi connectivity index (χ4v) is 4.38. The number of hydrogen-bond acceptors (Lipinski definition) is 7. The van der Waals surface area contributed by atoms with E-state index in [1.165, 1.54) is 0 Å². The van der Waals surface area contributed by atoms with Crippen molar-refractivity contribution in [3.63, 3.8) is 0 Å². The molecule has 3 N–H and O–H groups in total. The summed E-state index contributed by atoms with van der Waals surface area (Å²) < 4.78 is 30.7. The maximum Gasteiger partial charge on any atom is 0.235 e. The van der Waals surface area contributed by atoms with Crippen LogP contribution in [0.3, 0.4) is 0 Å². The van der Waals surface area contributed by atoms with E-state index in [4.69, 9.17) is 0 Å². The van der Waals surface area contributed by atoms with Gasteiger partial charge < -0.3 is 9.62 Å². The summed E-state index contributed by atoms with van der Waals surface area (Å²) in [6.45, 7) is 5.87. The van der Waals surface area contributed by atoms with Crippen molar-refractivity contribution in [2.75, 3.05) is 10.0 Å². The number of nitrogens with one attached hydrogen (secondary N) is 3. The number of aromatic nitrogens is 4. The van der Waals surface area contributed by atoms with E-state index < -0.39 is 15.3 Å². The van der Waals surface area contributed by atoms with Gasteiger partial charge in [-0.25, -0.2) is 13.4 Å². The number of aromatic amines is 1. The first kappa shape index (κ1) is 20.4. The van der Waals surface area contributed by atoms with Gasteiger partial charge in [0.1, 0.15) is 11.6 Å². The third-order valence-corrected chi connectivity index (χ3v) is 7.17. The fraction of sp³-hybridized carbons (Fsp3) is 0.263. The van der Waals surface area contributed by atoms with Crippen LogP contribution < -0.4 is 10.0 Å². The maximum atomic E-state index is 12.0. The van der Waals surface area contributed by atoms with Crippen LogP contribution in [0, 0.1) is 6.92 Å². The van der Waals surface area contributed by atoms with Gasteiger partial charge in [-0.05, 0) is 57.0 Å². The molecule has 9 nitrogen and oxygen atoms in total. The van der Waals surface area contributed by atoms with Crippen molar-refractivity contribution in [3.05, 3.63) is 60.4 Å². The Labute approximate surface area is 179 Å². The molecule has 1 aliphatic heterocycles. The predicted octanol–water partition coefficient (Wildman–Crippen LogP) is 3.46. The summed E-state index contributed by atoms with van der Waals surface area (Å²) in [4.78, 5) is 5.42. The van der Waals surface area contributed by atoms with Gasteiger partial charge in [0.2, 0.25) is 10.0 Å². The number of rotatable bonds is 7. The zero-order valence-corrected chi connectivity index (χ0v) is 18.5. The molecular formula is C19H23N7O2S2. The highest BCUT2D eigenvalue weighted by atomic mass is 32.2. The van der Waals surface area contributed by atoms with Crippen LogP contribution in [-0.2, 0) is 16.6 Å². The van der Waals surface area contributed by atoms with Crippen LogP contribution in [0.2, 0.25) is 0 Å². The van der Waals surface area contributed by atoms with E-state index in [0.29, 0.717) is 12.2 Å². The van der Waals surface area contributed by atoms with Gasteiger partial charge in [-0.2, -0.15) is 5.10 Å². The molecule has 0 atom stereocenters. The van der Waals surface area contributed by atoms with Crippen molar-refractivity contribution in [2.45, 2.75) is 37.5 Å². The van der Waals surface area contributed by atoms with E-state index in [2.05, 4.69) is 29.5 Å². The number of nitrogens with zero attached hydrogens (tertiary/aromatic N) is 4. The lowest BCUT2D eigenvalue weighted by Gasteiger charge is -2.26. The van der Waals surface area contributed by atoms with Crippen LogP contribution in [0.4, 0.5) is 11.5 Å². The van der Waals surface area contributed by atoms with Crippen LogP contribution >= 0.6 is 11.9 Å². The molecule has 0 saturated carbocycles. The molecule has 0 amide bonds. The van der Waals surface area contributed by atoms with Gasteiger partial charge >= 0.3 is 0 Å². The number of H-pyrrole nitrogens is 1. The molecule has 4 rings (SSSR count). The van der Waals surface area contributed by atoms with Crippen molar-refractivity contribution in [2.24, 2.45) is 0 Å². The third-order valence-electron chi connectivity index (χ3n) is 4.46. The molecule has 0 radical (unpaired) electrons. The molecule has 0 bridgehead atoms. The predicted molar refractivity (Wildman–Crippen MR) is 119 cm³/mol. The van der Waals surface area contributed by atoms with Gasteiger partial charge in [-0.1, -0.05) is 0 Å². The molecule has 0 aliphatic carbocycles. The molecule has 11 heteroatoms. The average Bonchev–Trinajstić information content (AvgIpc) is 3.32. The number of benzene rings is 1. The molecule has 0 saturated heterocycles. The zero-order chi connectivity index (χ0) is 21.3. The summed E-state index contributed by atoms with van der Waals surface area (Å²) in [6.07, 6.45) is 5.68. The van der Waals surface area contributed by atoms with Gasteiger partial charge in [-0.15, -0.1) is 0 Å². The van der Waals surface area contributed by atoms with Crippen LogP contribution in [0.5, 0.6) is 0 Å². The van der Waals surface area contributed by atoms with Gasteiger partial charge in [0, 0.05) is 34.7 Å². The molecule has 0 spiro atoms. The number of sulfonamides is 1. The summed E-state index contributed by atoms with van der Waals surface area (Å²) in [7, 11) is -3.36. The maximum absolute atomic E-state index is 12.0. The number of hydrogen-bond donors (Lipinski definition) is 3. The summed E-state index contributed by atoms with van der Waals surface area (Å²) >= 11 is 1.54. The molecule has 1 aromatic carbocycles. The lowest BCUT2D eigenvalue weighted by Crippen LogP contribution is -2.23. The Morgan fingerprint density at radius 1 is 1.23 bits per heavy atom. The Kier molecular flexibility index (Phi) is 5.48. The number of imidazole rings is 1. The van der Waals surface area contributed by atoms with Crippen LogP contribution in [0.1, 0.15) is 25.4 Å². The van der Waals surface area contributed by atoms with E-state index in [-0.39, 0.29) is 0 Å². The minimum atomic E-state index is -3.36. The van der Waals surface area contributed by atoms with E-state index in [9.17, 15) is 8.42 Å². The lowest BCUT2D eigenvalue weighted by molar-refractivity contribution is 0.562. The van der Waals surface area contributed by atoms with Gasteiger partial charge in [0.25, 0.3) is 0 Å². The second kappa shape index (κ2) is 8.07. The van der Waals surface area contributed by atoms with Gasteiger partial charge in [-0.3, -0.25) is 14.4 Å². The van der Waals surface area contributed by atoms with Gasteiger partial charge in [0.05, 0.1) is 18.0 Å². The minimum absolute atomic E-state index is 0.488. The SMILES string of the molecule is Cc1cc(NC2=CN(Sc3ccc(NS(=O)(=O)C(C)C)cc3)Cc3nccn32)n[nH]1. The van der Waals surface area contributed by atoms with Crippen LogP contribution in [0.25, 0.3) is 5.82 Å². The van der Waals surface area contributed by atoms with Crippen molar-refractivity contribution >= 4 is 39.3 Å². The first-order chi connectivity index (χ1) is 14.3. The summed E-state index contributed by atoms with van der Waals surface area (Å²) in [5.74, 6) is 2.47. The Morgan fingerprint density at radius 3 is 2.67 bits per heavy atom. The second-order valence-corrected chi connectivity index (χ2v) is 10.5. The quantitative estimate of drug-likeness (QED) is 0.478. The smallest absolute Gasteiger partial charge is 0.235 e. The highest BCUT2D eigenvalue weighted by molar-refractivity contribution is 7.97. The molecular weight excluding hydrogens is 422 g/mol. The average molecular weight is 446 g/mol. The molecule has 3 heterocycles. The monoisotopic (exact) mass is 445 g/mol. The molecule has 158 valence electrons. The first-order valence-electron chi connectivity index (χ1n) is 9.40. The normalized spacial score (nSPS) is 13.9. The summed E-state index contributed by atoms with van der Waals surface area (Å²) in [6, 6.07) is 9.25. The van der Waals surface area contributed by atoms with Crippen LogP contribution in [0.15, 0.2) is 53.8 Å². The van der Waals surface area contributed by atoms with E-state index in [0.717, 1.165) is 28.1 Å². The van der Waals surface area contributed by atoms with Crippen LogP contribution in [-0.4, -0.2) is 37.7 Å². The molecule has 2 aromatic heterocycles. The number of aryl methyl sites for hydroxylation is 1. The Bertz CT molecular complexity index is 1160. The molecule has 30 heavy (non-hydrogen) atoms. The van der Waals surface area contributed by atoms with Crippen molar-refractivity contribution in [3.8, 4) is 0 Å². The summed E-state index contributed by atoms with van der Waals surface area (Å²) in [5.41, 5.74) is 1.52. The van der Waals surface area contributed by atoms with Crippen molar-refractivity contribution in [1.82, 2.24) is 24.1 Å². The zero-order valence-electron chi connectivity index (χ0n) is 16.8. The van der Waals surface area contributed by atoms with E-state index >= 15 is 0 Å². The number of fused-ring (bicyclic) bond motifs is 1. The standard InChI is InChI=1S/C19H23N7O2S2/c1-13(2)30(27,28)24-15-4-6-16(7-5-15)29-25-11-18-20-8-9-26(18)19(12-25)21-17-10-14(3)22-23-17/h4-10,12-13,24H,11H2,1-3H3,(H2,21,22,23). The third kappa shape index (κ3) is 4.46. The highest BCUT2D eigenvalue weighted by Crippen LogP contribution is 2.31. The molecule has 3 aromatic rings. The Balaban J connectivity index is 1.49. The van der Waals surface area contributed by atoms with E-state index in [1.54, 1.807) is 44.1 Å². The fourth-order valence-electron chi connectivity index (χ4n) is 2.82. The topological polar surface area (TPSA) is 108 Å². The minimum Gasteiger partial charge on any atom is -0.323 e. The molecule has 0 unspecified atom stereocenters. The molecule has 0 fully saturated rings. The van der Waals surface area contributed by atoms with Gasteiger partial charge in [0.15, 0.2) is 5.82 Å². The van der Waals surface area contributed by atoms with E-state index in [1.807, 2.05) is 42.1 Å². The Hall–Kier alpha value is -2.92. The first-order valence-corrected chi connectivity index (χ1v) is 11.7. The second-order valence-electron chi connectivity index (χ2n) is 7.18.